The summed E-state index contributed by atoms with van der Waals surface area (Å²) in [4.78, 5) is 2.47. The molecule has 2 heteroatoms. The van der Waals surface area contributed by atoms with Crippen LogP contribution in [0.4, 0.5) is 17.1 Å². The van der Waals surface area contributed by atoms with Crippen LogP contribution in [0.15, 0.2) is 229 Å². The van der Waals surface area contributed by atoms with Gasteiger partial charge in [-0.1, -0.05) is 194 Å². The van der Waals surface area contributed by atoms with Crippen molar-refractivity contribution in [1.29, 1.82) is 0 Å². The average molecular weight is 740 g/mol. The molecule has 0 aliphatic heterocycles. The number of rotatable bonds is 7. The largest absolute Gasteiger partial charge is 0.455 e. The summed E-state index contributed by atoms with van der Waals surface area (Å²) in [6.45, 7) is 0. The number of fused-ring (bicyclic) bond motifs is 5. The van der Waals surface area contributed by atoms with E-state index in [-0.39, 0.29) is 0 Å². The first-order chi connectivity index (χ1) is 28.8. The van der Waals surface area contributed by atoms with Crippen molar-refractivity contribution < 1.29 is 4.42 Å². The summed E-state index contributed by atoms with van der Waals surface area (Å²) in [6.07, 6.45) is 0. The predicted molar refractivity (Wildman–Crippen MR) is 245 cm³/mol. The Labute approximate surface area is 337 Å². The summed E-state index contributed by atoms with van der Waals surface area (Å²) in [5.74, 6) is 0. The molecular formula is C56H37NO. The van der Waals surface area contributed by atoms with Gasteiger partial charge in [0.2, 0.25) is 0 Å². The van der Waals surface area contributed by atoms with Crippen molar-refractivity contribution in [2.45, 2.75) is 0 Å². The van der Waals surface area contributed by atoms with Crippen LogP contribution in [0.3, 0.4) is 0 Å². The summed E-state index contributed by atoms with van der Waals surface area (Å²) in [5.41, 5.74) is 14.1. The summed E-state index contributed by atoms with van der Waals surface area (Å²) in [6, 6.07) is 80.6. The number of hydrogen-bond donors (Lipinski definition) is 0. The number of furan rings is 1. The van der Waals surface area contributed by atoms with Gasteiger partial charge < -0.3 is 9.32 Å². The third kappa shape index (κ3) is 5.66. The van der Waals surface area contributed by atoms with Crippen LogP contribution in [0.5, 0.6) is 0 Å². The van der Waals surface area contributed by atoms with Gasteiger partial charge in [-0.2, -0.15) is 0 Å². The van der Waals surface area contributed by atoms with E-state index in [0.29, 0.717) is 0 Å². The molecule has 58 heavy (non-hydrogen) atoms. The molecule has 11 aromatic rings. The Morgan fingerprint density at radius 1 is 0.276 bits per heavy atom. The third-order valence-corrected chi connectivity index (χ3v) is 11.5. The lowest BCUT2D eigenvalue weighted by Crippen LogP contribution is -2.13. The first-order valence-corrected chi connectivity index (χ1v) is 19.8. The van der Waals surface area contributed by atoms with Crippen LogP contribution in [0.2, 0.25) is 0 Å². The van der Waals surface area contributed by atoms with Gasteiger partial charge in [-0.15, -0.1) is 0 Å². The topological polar surface area (TPSA) is 16.4 Å². The molecule has 0 N–H and O–H groups in total. The highest BCUT2D eigenvalue weighted by Crippen LogP contribution is 2.51. The number of nitrogens with zero attached hydrogens (tertiary/aromatic N) is 1. The van der Waals surface area contributed by atoms with E-state index in [9.17, 15) is 0 Å². The maximum atomic E-state index is 6.97. The lowest BCUT2D eigenvalue weighted by molar-refractivity contribution is 0.670. The van der Waals surface area contributed by atoms with Crippen molar-refractivity contribution in [1.82, 2.24) is 0 Å². The lowest BCUT2D eigenvalue weighted by atomic mass is 9.93. The minimum Gasteiger partial charge on any atom is -0.455 e. The van der Waals surface area contributed by atoms with Crippen LogP contribution in [-0.4, -0.2) is 0 Å². The minimum atomic E-state index is 0.860. The van der Waals surface area contributed by atoms with Crippen LogP contribution in [-0.2, 0) is 0 Å². The zero-order valence-electron chi connectivity index (χ0n) is 31.7. The molecule has 0 bridgehead atoms. The Morgan fingerprint density at radius 2 is 0.759 bits per heavy atom. The molecule has 0 amide bonds. The summed E-state index contributed by atoms with van der Waals surface area (Å²) in [5, 5.41) is 6.97. The molecule has 0 spiro atoms. The van der Waals surface area contributed by atoms with Crippen molar-refractivity contribution in [3.63, 3.8) is 0 Å². The molecule has 0 aliphatic carbocycles. The Morgan fingerprint density at radius 3 is 1.47 bits per heavy atom. The second-order valence-electron chi connectivity index (χ2n) is 14.8. The Balaban J connectivity index is 1.21. The SMILES string of the molecule is c1ccc(-c2ccc(-c3ccccc3N(c3ccccc3-c3cccc4ccccc34)c3ccc(-c4cccc5ccccc45)c4oc5ccccc5c34)cc2)cc1. The summed E-state index contributed by atoms with van der Waals surface area (Å²) in [7, 11) is 0. The molecule has 11 rings (SSSR count). The molecule has 2 nitrogen and oxygen atoms in total. The normalized spacial score (nSPS) is 11.4. The highest BCUT2D eigenvalue weighted by molar-refractivity contribution is 6.19. The molecule has 0 saturated carbocycles. The fourth-order valence-corrected chi connectivity index (χ4v) is 8.80. The number of anilines is 3. The molecule has 0 saturated heterocycles. The van der Waals surface area contributed by atoms with Gasteiger partial charge in [-0.25, -0.2) is 0 Å². The van der Waals surface area contributed by atoms with Crippen LogP contribution in [0, 0.1) is 0 Å². The van der Waals surface area contributed by atoms with Gasteiger partial charge in [0.05, 0.1) is 22.4 Å². The molecule has 10 aromatic carbocycles. The molecular weight excluding hydrogens is 703 g/mol. The van der Waals surface area contributed by atoms with Crippen molar-refractivity contribution in [3.05, 3.63) is 224 Å². The molecule has 0 unspecified atom stereocenters. The van der Waals surface area contributed by atoms with Gasteiger partial charge in [0.1, 0.15) is 11.2 Å². The van der Waals surface area contributed by atoms with Gasteiger partial charge in [0.25, 0.3) is 0 Å². The fourth-order valence-electron chi connectivity index (χ4n) is 8.80. The van der Waals surface area contributed by atoms with E-state index in [1.165, 1.54) is 38.2 Å². The zero-order chi connectivity index (χ0) is 38.4. The first-order valence-electron chi connectivity index (χ1n) is 19.8. The monoisotopic (exact) mass is 739 g/mol. The van der Waals surface area contributed by atoms with E-state index >= 15 is 0 Å². The standard InChI is InChI=1S/C56H37NO/c1-2-16-38(17-3-1)39-32-34-42(35-33-39)45-24-8-11-29-51(45)57(52-30-12-9-25-48(52)46-27-14-20-40-18-4-6-22-43(40)46)53-37-36-49(47-28-15-21-41-19-5-7-23-44(41)47)56-55(53)50-26-10-13-31-54(50)58-56/h1-37H. The third-order valence-electron chi connectivity index (χ3n) is 11.5. The van der Waals surface area contributed by atoms with Gasteiger partial charge in [0, 0.05) is 22.1 Å². The number of hydrogen-bond acceptors (Lipinski definition) is 2. The highest BCUT2D eigenvalue weighted by Gasteiger charge is 2.26. The summed E-state index contributed by atoms with van der Waals surface area (Å²) < 4.78 is 6.97. The van der Waals surface area contributed by atoms with Gasteiger partial charge in [-0.3, -0.25) is 0 Å². The second-order valence-corrected chi connectivity index (χ2v) is 14.8. The Hall–Kier alpha value is -7.68. The Bertz CT molecular complexity index is 3270. The van der Waals surface area contributed by atoms with E-state index < -0.39 is 0 Å². The van der Waals surface area contributed by atoms with Crippen LogP contribution in [0.25, 0.3) is 88.0 Å². The fraction of sp³-hybridized carbons (Fsp3) is 0. The summed E-state index contributed by atoms with van der Waals surface area (Å²) >= 11 is 0. The molecule has 0 radical (unpaired) electrons. The Kier molecular flexibility index (Phi) is 8.19. The molecule has 1 aromatic heterocycles. The zero-order valence-corrected chi connectivity index (χ0v) is 31.7. The molecule has 0 fully saturated rings. The van der Waals surface area contributed by atoms with Crippen molar-refractivity contribution in [3.8, 4) is 44.5 Å². The van der Waals surface area contributed by atoms with E-state index in [1.807, 2.05) is 0 Å². The number of para-hydroxylation sites is 3. The molecule has 1 heterocycles. The van der Waals surface area contributed by atoms with Crippen LogP contribution >= 0.6 is 0 Å². The minimum absolute atomic E-state index is 0.860. The maximum Gasteiger partial charge on any atom is 0.145 e. The first kappa shape index (κ1) is 33.6. The smallest absolute Gasteiger partial charge is 0.145 e. The van der Waals surface area contributed by atoms with E-state index in [2.05, 4.69) is 229 Å². The molecule has 0 aliphatic rings. The maximum absolute atomic E-state index is 6.97. The van der Waals surface area contributed by atoms with Crippen LogP contribution < -0.4 is 4.90 Å². The van der Waals surface area contributed by atoms with Crippen LogP contribution in [0.1, 0.15) is 0 Å². The van der Waals surface area contributed by atoms with Crippen molar-refractivity contribution >= 4 is 60.5 Å². The number of benzene rings is 10. The van der Waals surface area contributed by atoms with E-state index in [0.717, 1.165) is 66.8 Å². The molecule has 272 valence electrons. The molecule has 0 atom stereocenters. The lowest BCUT2D eigenvalue weighted by Gasteiger charge is -2.31. The van der Waals surface area contributed by atoms with Gasteiger partial charge in [0.15, 0.2) is 0 Å². The van der Waals surface area contributed by atoms with Gasteiger partial charge in [-0.05, 0) is 79.7 Å². The van der Waals surface area contributed by atoms with E-state index in [4.69, 9.17) is 4.42 Å². The highest BCUT2D eigenvalue weighted by atomic mass is 16.3. The second kappa shape index (κ2) is 14.1. The van der Waals surface area contributed by atoms with E-state index in [1.54, 1.807) is 0 Å². The quantitative estimate of drug-likeness (QED) is 0.162. The average Bonchev–Trinajstić information content (AvgIpc) is 3.70. The predicted octanol–water partition coefficient (Wildman–Crippen LogP) is 16.0. The van der Waals surface area contributed by atoms with Gasteiger partial charge >= 0.3 is 0 Å². The van der Waals surface area contributed by atoms with Crippen molar-refractivity contribution in [2.75, 3.05) is 4.90 Å². The van der Waals surface area contributed by atoms with Crippen molar-refractivity contribution in [2.24, 2.45) is 0 Å².